The van der Waals surface area contributed by atoms with Crippen LogP contribution < -0.4 is 10.1 Å². The fourth-order valence-electron chi connectivity index (χ4n) is 1.61. The molecule has 0 spiro atoms. The molecule has 102 valence electrons. The number of rotatable bonds is 4. The summed E-state index contributed by atoms with van der Waals surface area (Å²) in [6.45, 7) is 5.44. The zero-order valence-electron chi connectivity index (χ0n) is 11.2. The number of carbonyl (C=O) groups excluding carboxylic acids is 1. The Balaban J connectivity index is 2.12. The molecule has 0 saturated carbocycles. The minimum absolute atomic E-state index is 0.210. The number of hydrogen-bond acceptors (Lipinski definition) is 6. The second-order valence-corrected chi connectivity index (χ2v) is 5.39. The Kier molecular flexibility index (Phi) is 3.84. The monoisotopic (exact) mass is 281 g/mol. The first-order valence-electron chi connectivity index (χ1n) is 5.76. The van der Waals surface area contributed by atoms with Gasteiger partial charge in [0.15, 0.2) is 5.82 Å². The van der Waals surface area contributed by atoms with Gasteiger partial charge in [0.25, 0.3) is 5.91 Å². The van der Waals surface area contributed by atoms with Gasteiger partial charge in [-0.1, -0.05) is 5.16 Å². The molecular weight excluding hydrogens is 266 g/mol. The summed E-state index contributed by atoms with van der Waals surface area (Å²) in [6.07, 6.45) is 0. The number of amides is 1. The van der Waals surface area contributed by atoms with Crippen LogP contribution in [-0.4, -0.2) is 23.2 Å². The Hall–Kier alpha value is -1.89. The number of aromatic nitrogens is 2. The number of thiophene rings is 1. The van der Waals surface area contributed by atoms with Gasteiger partial charge < -0.3 is 14.6 Å². The molecular formula is C12H15N3O3S. The van der Waals surface area contributed by atoms with E-state index in [9.17, 15) is 4.79 Å². The number of nitrogens with one attached hydrogen (secondary N) is 1. The Morgan fingerprint density at radius 2 is 2.26 bits per heavy atom. The van der Waals surface area contributed by atoms with Gasteiger partial charge in [-0.15, -0.1) is 11.3 Å². The zero-order chi connectivity index (χ0) is 14.0. The van der Waals surface area contributed by atoms with E-state index in [0.29, 0.717) is 22.3 Å². The molecule has 0 aliphatic rings. The lowest BCUT2D eigenvalue weighted by molar-refractivity contribution is 0.0934. The van der Waals surface area contributed by atoms with E-state index in [1.165, 1.54) is 11.3 Å². The molecule has 2 heterocycles. The van der Waals surface area contributed by atoms with E-state index in [1.54, 1.807) is 21.0 Å². The van der Waals surface area contributed by atoms with Crippen LogP contribution in [0.25, 0.3) is 0 Å². The Morgan fingerprint density at radius 1 is 1.53 bits per heavy atom. The van der Waals surface area contributed by atoms with Crippen molar-refractivity contribution < 1.29 is 14.1 Å². The lowest BCUT2D eigenvalue weighted by atomic mass is 10.3. The maximum atomic E-state index is 12.2. The van der Waals surface area contributed by atoms with Crippen LogP contribution in [0.15, 0.2) is 10.6 Å². The molecule has 0 bridgehead atoms. The van der Waals surface area contributed by atoms with Crippen molar-refractivity contribution in [1.82, 2.24) is 15.5 Å². The van der Waals surface area contributed by atoms with Crippen molar-refractivity contribution in [3.8, 4) is 5.75 Å². The van der Waals surface area contributed by atoms with Crippen LogP contribution in [0.4, 0.5) is 0 Å². The summed E-state index contributed by atoms with van der Waals surface area (Å²) in [5.74, 6) is 1.30. The van der Waals surface area contributed by atoms with E-state index < -0.39 is 0 Å². The van der Waals surface area contributed by atoms with E-state index >= 15 is 0 Å². The smallest absolute Gasteiger partial charge is 0.265 e. The first-order valence-corrected chi connectivity index (χ1v) is 6.58. The van der Waals surface area contributed by atoms with Gasteiger partial charge in [-0.2, -0.15) is 4.98 Å². The largest absolute Gasteiger partial charge is 0.495 e. The minimum Gasteiger partial charge on any atom is -0.495 e. The Labute approximate surface area is 114 Å². The molecule has 7 heteroatoms. The summed E-state index contributed by atoms with van der Waals surface area (Å²) in [5.41, 5.74) is 0. The molecule has 0 saturated heterocycles. The fraction of sp³-hybridized carbons (Fsp3) is 0.417. The van der Waals surface area contributed by atoms with Crippen LogP contribution in [0.5, 0.6) is 5.75 Å². The molecule has 1 amide bonds. The number of hydrogen-bond donors (Lipinski definition) is 1. The number of nitrogens with zero attached hydrogens (tertiary/aromatic N) is 2. The third kappa shape index (κ3) is 2.93. The van der Waals surface area contributed by atoms with Gasteiger partial charge in [-0.3, -0.25) is 4.79 Å². The van der Waals surface area contributed by atoms with E-state index in [2.05, 4.69) is 15.5 Å². The van der Waals surface area contributed by atoms with Gasteiger partial charge in [-0.05, 0) is 26.8 Å². The van der Waals surface area contributed by atoms with Crippen LogP contribution in [0.3, 0.4) is 0 Å². The van der Waals surface area contributed by atoms with Crippen LogP contribution in [-0.2, 0) is 0 Å². The molecule has 0 aromatic carbocycles. The molecule has 0 aliphatic carbocycles. The Morgan fingerprint density at radius 3 is 2.84 bits per heavy atom. The van der Waals surface area contributed by atoms with E-state index in [0.717, 1.165) is 4.88 Å². The standard InChI is InChI=1S/C12H15N3O3S/c1-6-5-9(17-4)10(19-6)11(16)13-7(2)12-14-8(3)15-18-12/h5,7H,1-4H3,(H,13,16). The van der Waals surface area contributed by atoms with Gasteiger partial charge in [0.05, 0.1) is 7.11 Å². The molecule has 6 nitrogen and oxygen atoms in total. The van der Waals surface area contributed by atoms with Gasteiger partial charge in [-0.25, -0.2) is 0 Å². The highest BCUT2D eigenvalue weighted by Crippen LogP contribution is 2.29. The normalized spacial score (nSPS) is 12.2. The number of carbonyl (C=O) groups is 1. The fourth-order valence-corrected chi connectivity index (χ4v) is 2.50. The molecule has 1 unspecified atom stereocenters. The molecule has 1 N–H and O–H groups in total. The first-order chi connectivity index (χ1) is 9.01. The van der Waals surface area contributed by atoms with Gasteiger partial charge in [0.2, 0.25) is 5.89 Å². The first kappa shape index (κ1) is 13.5. The van der Waals surface area contributed by atoms with Gasteiger partial charge >= 0.3 is 0 Å². The minimum atomic E-state index is -0.346. The highest BCUT2D eigenvalue weighted by molar-refractivity contribution is 7.14. The lowest BCUT2D eigenvalue weighted by Crippen LogP contribution is -2.26. The summed E-state index contributed by atoms with van der Waals surface area (Å²) in [4.78, 5) is 17.8. The van der Waals surface area contributed by atoms with Crippen LogP contribution in [0, 0.1) is 13.8 Å². The molecule has 2 aromatic rings. The number of ether oxygens (including phenoxy) is 1. The average Bonchev–Trinajstić information content (AvgIpc) is 2.95. The van der Waals surface area contributed by atoms with Crippen molar-refractivity contribution >= 4 is 17.2 Å². The van der Waals surface area contributed by atoms with Crippen LogP contribution in [0.2, 0.25) is 0 Å². The molecule has 2 aromatic heterocycles. The van der Waals surface area contributed by atoms with Crippen molar-refractivity contribution in [3.05, 3.63) is 27.5 Å². The van der Waals surface area contributed by atoms with Crippen LogP contribution >= 0.6 is 11.3 Å². The zero-order valence-corrected chi connectivity index (χ0v) is 12.0. The van der Waals surface area contributed by atoms with E-state index in [1.807, 2.05) is 13.0 Å². The van der Waals surface area contributed by atoms with Crippen molar-refractivity contribution in [3.63, 3.8) is 0 Å². The predicted molar refractivity (Wildman–Crippen MR) is 70.5 cm³/mol. The second kappa shape index (κ2) is 5.40. The number of methoxy groups -OCH3 is 1. The highest BCUT2D eigenvalue weighted by Gasteiger charge is 2.20. The predicted octanol–water partition coefficient (Wildman–Crippen LogP) is 2.25. The van der Waals surface area contributed by atoms with E-state index in [-0.39, 0.29) is 11.9 Å². The van der Waals surface area contributed by atoms with Crippen LogP contribution in [0.1, 0.15) is 39.2 Å². The van der Waals surface area contributed by atoms with Crippen molar-refractivity contribution in [2.24, 2.45) is 0 Å². The number of aryl methyl sites for hydroxylation is 2. The maximum Gasteiger partial charge on any atom is 0.265 e. The summed E-state index contributed by atoms with van der Waals surface area (Å²) in [7, 11) is 1.54. The second-order valence-electron chi connectivity index (χ2n) is 4.13. The van der Waals surface area contributed by atoms with Crippen molar-refractivity contribution in [2.45, 2.75) is 26.8 Å². The summed E-state index contributed by atoms with van der Waals surface area (Å²) >= 11 is 1.39. The SMILES string of the molecule is COc1cc(C)sc1C(=O)NC(C)c1nc(C)no1. The molecule has 0 radical (unpaired) electrons. The Bertz CT molecular complexity index is 591. The van der Waals surface area contributed by atoms with E-state index in [4.69, 9.17) is 9.26 Å². The molecule has 2 rings (SSSR count). The van der Waals surface area contributed by atoms with Crippen molar-refractivity contribution in [2.75, 3.05) is 7.11 Å². The van der Waals surface area contributed by atoms with Gasteiger partial charge in [0.1, 0.15) is 16.7 Å². The summed E-state index contributed by atoms with van der Waals surface area (Å²) < 4.78 is 10.2. The quantitative estimate of drug-likeness (QED) is 0.930. The summed E-state index contributed by atoms with van der Waals surface area (Å²) in [6, 6.07) is 1.49. The third-order valence-electron chi connectivity index (χ3n) is 2.51. The van der Waals surface area contributed by atoms with Crippen molar-refractivity contribution in [1.29, 1.82) is 0 Å². The highest BCUT2D eigenvalue weighted by atomic mass is 32.1. The molecule has 19 heavy (non-hydrogen) atoms. The van der Waals surface area contributed by atoms with Gasteiger partial charge in [0, 0.05) is 4.88 Å². The average molecular weight is 281 g/mol. The topological polar surface area (TPSA) is 77.2 Å². The summed E-state index contributed by atoms with van der Waals surface area (Å²) in [5, 5.41) is 6.51. The molecule has 1 atom stereocenters. The molecule has 0 fully saturated rings. The molecule has 0 aliphatic heterocycles. The third-order valence-corrected chi connectivity index (χ3v) is 3.54. The lowest BCUT2D eigenvalue weighted by Gasteiger charge is -2.09. The maximum absolute atomic E-state index is 12.2.